The van der Waals surface area contributed by atoms with E-state index >= 15 is 0 Å². The lowest BCUT2D eigenvalue weighted by Gasteiger charge is -2.20. The van der Waals surface area contributed by atoms with Crippen LogP contribution < -0.4 is 0 Å². The molecule has 2 aliphatic rings. The SMILES string of the molecule is c1c2oc2c(C(OC(c2c3oc3cc3oc23)C2CO2)C2CO2)c2oc12. The fourth-order valence-electron chi connectivity index (χ4n) is 3.73. The summed E-state index contributed by atoms with van der Waals surface area (Å²) in [7, 11) is 0. The molecular formula is C18H10O7. The van der Waals surface area contributed by atoms with E-state index in [1.165, 1.54) is 0 Å². The van der Waals surface area contributed by atoms with Crippen molar-refractivity contribution in [2.75, 3.05) is 13.2 Å². The quantitative estimate of drug-likeness (QED) is 0.424. The molecule has 2 aliphatic heterocycles. The molecule has 6 heterocycles. The molecule has 4 aromatic heterocycles. The van der Waals surface area contributed by atoms with Crippen LogP contribution in [0.2, 0.25) is 0 Å². The number of epoxide rings is 2. The second-order valence-corrected chi connectivity index (χ2v) is 7.02. The number of rotatable bonds is 6. The van der Waals surface area contributed by atoms with Crippen molar-refractivity contribution >= 4 is 44.7 Å². The maximum atomic E-state index is 6.56. The van der Waals surface area contributed by atoms with E-state index < -0.39 is 0 Å². The highest BCUT2D eigenvalue weighted by Gasteiger charge is 2.48. The van der Waals surface area contributed by atoms with Gasteiger partial charge in [0.15, 0.2) is 44.7 Å². The Morgan fingerprint density at radius 1 is 0.680 bits per heavy atom. The second kappa shape index (κ2) is 3.55. The molecule has 7 heteroatoms. The Bertz CT molecular complexity index is 1130. The maximum Gasteiger partial charge on any atom is 0.180 e. The fraction of sp³-hybridized carbons (Fsp3) is 0.333. The normalized spacial score (nSPS) is 26.4. The largest absolute Gasteiger partial charge is 0.449 e. The van der Waals surface area contributed by atoms with Gasteiger partial charge in [-0.3, -0.25) is 0 Å². The molecule has 6 aromatic rings. The number of ether oxygens (including phenoxy) is 3. The van der Waals surface area contributed by atoms with Gasteiger partial charge in [0.1, 0.15) is 24.4 Å². The van der Waals surface area contributed by atoms with Crippen LogP contribution in [0.1, 0.15) is 23.3 Å². The van der Waals surface area contributed by atoms with Crippen molar-refractivity contribution in [1.82, 2.24) is 0 Å². The molecule has 0 spiro atoms. The molecule has 2 fully saturated rings. The van der Waals surface area contributed by atoms with Crippen molar-refractivity contribution in [3.8, 4) is 0 Å². The lowest BCUT2D eigenvalue weighted by atomic mass is 10.0. The third-order valence-corrected chi connectivity index (χ3v) is 5.34. The number of hydrogen-bond acceptors (Lipinski definition) is 7. The smallest absolute Gasteiger partial charge is 0.180 e. The average molecular weight is 338 g/mol. The van der Waals surface area contributed by atoms with Gasteiger partial charge in [0.2, 0.25) is 0 Å². The predicted molar refractivity (Wildman–Crippen MR) is 82.8 cm³/mol. The van der Waals surface area contributed by atoms with Crippen LogP contribution in [0, 0.1) is 0 Å². The van der Waals surface area contributed by atoms with Crippen molar-refractivity contribution in [3.63, 3.8) is 0 Å². The number of benzene rings is 2. The molecular weight excluding hydrogens is 328 g/mol. The topological polar surface area (TPSA) is 86.9 Å². The van der Waals surface area contributed by atoms with Gasteiger partial charge in [-0.2, -0.15) is 0 Å². The summed E-state index contributed by atoms with van der Waals surface area (Å²) >= 11 is 0. The molecule has 2 aromatic carbocycles. The molecule has 0 amide bonds. The van der Waals surface area contributed by atoms with Gasteiger partial charge in [-0.15, -0.1) is 0 Å². The van der Waals surface area contributed by atoms with Gasteiger partial charge < -0.3 is 31.9 Å². The molecule has 0 N–H and O–H groups in total. The van der Waals surface area contributed by atoms with Crippen LogP contribution in [-0.2, 0) is 14.2 Å². The molecule has 0 aliphatic carbocycles. The van der Waals surface area contributed by atoms with E-state index in [4.69, 9.17) is 31.9 Å². The Morgan fingerprint density at radius 2 is 1.04 bits per heavy atom. The van der Waals surface area contributed by atoms with E-state index in [-0.39, 0.29) is 24.4 Å². The third kappa shape index (κ3) is 1.60. The molecule has 4 unspecified atom stereocenters. The van der Waals surface area contributed by atoms with Crippen LogP contribution in [0.15, 0.2) is 29.8 Å². The summed E-state index contributed by atoms with van der Waals surface area (Å²) in [6.07, 6.45) is -0.509. The Kier molecular flexibility index (Phi) is 1.70. The molecule has 0 bridgehead atoms. The van der Waals surface area contributed by atoms with Crippen LogP contribution in [0.4, 0.5) is 0 Å². The second-order valence-electron chi connectivity index (χ2n) is 7.02. The van der Waals surface area contributed by atoms with E-state index in [0.29, 0.717) is 13.2 Å². The van der Waals surface area contributed by atoms with Gasteiger partial charge in [-0.05, 0) is 0 Å². The molecule has 124 valence electrons. The number of hydrogen-bond donors (Lipinski definition) is 0. The zero-order valence-electron chi connectivity index (χ0n) is 12.7. The van der Waals surface area contributed by atoms with Crippen LogP contribution in [0.3, 0.4) is 0 Å². The highest BCUT2D eigenvalue weighted by atomic mass is 16.6. The van der Waals surface area contributed by atoms with E-state index in [2.05, 4.69) is 0 Å². The molecule has 25 heavy (non-hydrogen) atoms. The van der Waals surface area contributed by atoms with Crippen LogP contribution >= 0.6 is 0 Å². The van der Waals surface area contributed by atoms with E-state index in [9.17, 15) is 0 Å². The molecule has 0 radical (unpaired) electrons. The summed E-state index contributed by atoms with van der Waals surface area (Å²) < 4.78 is 40.0. The molecule has 8 rings (SSSR count). The summed E-state index contributed by atoms with van der Waals surface area (Å²) in [5.41, 5.74) is 8.83. The Balaban J connectivity index is 1.25. The number of fused-ring (bicyclic) bond motifs is 4. The maximum absolute atomic E-state index is 6.56. The minimum Gasteiger partial charge on any atom is -0.449 e. The predicted octanol–water partition coefficient (Wildman–Crippen LogP) is 4.02. The Labute approximate surface area is 138 Å². The Hall–Kier alpha value is -2.48. The molecule has 4 atom stereocenters. The summed E-state index contributed by atoms with van der Waals surface area (Å²) in [4.78, 5) is 0. The van der Waals surface area contributed by atoms with Gasteiger partial charge in [0.25, 0.3) is 0 Å². The standard InChI is InChI=1S/C18H10O7/c1-5-13(21-5)11(14-6(1)22-14)17(9-3-19-9)25-18(10-4-20-10)12-15-7(23-15)2-8-16(12)24-8/h1-2,9-10,17-18H,3-4H2. The highest BCUT2D eigenvalue weighted by Crippen LogP contribution is 2.52. The summed E-state index contributed by atoms with van der Waals surface area (Å²) in [6, 6.07) is 3.83. The summed E-state index contributed by atoms with van der Waals surface area (Å²) in [6.45, 7) is 1.33. The molecule has 7 nitrogen and oxygen atoms in total. The van der Waals surface area contributed by atoms with Gasteiger partial charge in [-0.25, -0.2) is 0 Å². The monoisotopic (exact) mass is 338 g/mol. The van der Waals surface area contributed by atoms with Crippen molar-refractivity contribution in [1.29, 1.82) is 0 Å². The van der Waals surface area contributed by atoms with Gasteiger partial charge in [0.05, 0.1) is 24.3 Å². The first-order chi connectivity index (χ1) is 12.3. The van der Waals surface area contributed by atoms with Crippen LogP contribution in [0.5, 0.6) is 0 Å². The third-order valence-electron chi connectivity index (χ3n) is 5.34. The Morgan fingerprint density at radius 3 is 1.36 bits per heavy atom. The summed E-state index contributed by atoms with van der Waals surface area (Å²) in [5, 5.41) is 0. The zero-order valence-corrected chi connectivity index (χ0v) is 12.7. The first-order valence-corrected chi connectivity index (χ1v) is 8.37. The minimum atomic E-state index is -0.257. The highest BCUT2D eigenvalue weighted by molar-refractivity contribution is 6.02. The van der Waals surface area contributed by atoms with Crippen molar-refractivity contribution in [2.45, 2.75) is 24.4 Å². The average Bonchev–Trinajstić information content (AvgIpc) is 3.35. The van der Waals surface area contributed by atoms with E-state index in [0.717, 1.165) is 55.8 Å². The lowest BCUT2D eigenvalue weighted by Crippen LogP contribution is -2.18. The summed E-state index contributed by atoms with van der Waals surface area (Å²) in [5.74, 6) is 0. The lowest BCUT2D eigenvalue weighted by molar-refractivity contribution is -0.0397. The molecule has 0 saturated carbocycles. The van der Waals surface area contributed by atoms with Gasteiger partial charge >= 0.3 is 0 Å². The van der Waals surface area contributed by atoms with Crippen molar-refractivity contribution in [2.24, 2.45) is 0 Å². The molecule has 2 saturated heterocycles. The van der Waals surface area contributed by atoms with Crippen molar-refractivity contribution in [3.05, 3.63) is 23.3 Å². The fourth-order valence-corrected chi connectivity index (χ4v) is 3.73. The first kappa shape index (κ1) is 12.0. The first-order valence-electron chi connectivity index (χ1n) is 8.37. The van der Waals surface area contributed by atoms with Gasteiger partial charge in [0, 0.05) is 12.1 Å². The van der Waals surface area contributed by atoms with Crippen molar-refractivity contribution < 1.29 is 31.9 Å². The zero-order chi connectivity index (χ0) is 15.9. The van der Waals surface area contributed by atoms with Crippen LogP contribution in [0.25, 0.3) is 44.7 Å². The van der Waals surface area contributed by atoms with E-state index in [1.807, 2.05) is 12.1 Å². The van der Waals surface area contributed by atoms with Gasteiger partial charge in [-0.1, -0.05) is 0 Å². The van der Waals surface area contributed by atoms with E-state index in [1.54, 1.807) is 0 Å². The van der Waals surface area contributed by atoms with Crippen LogP contribution in [-0.4, -0.2) is 25.4 Å². The minimum absolute atomic E-state index is 0.00291.